The molecule has 2 nitrogen and oxygen atoms in total. The van der Waals surface area contributed by atoms with Gasteiger partial charge in [0.05, 0.1) is 0 Å². The van der Waals surface area contributed by atoms with Gasteiger partial charge >= 0.3 is 7.12 Å². The third kappa shape index (κ3) is 6.30. The minimum Gasteiger partial charge on any atom is -0.424 e. The third-order valence-electron chi connectivity index (χ3n) is 2.76. The number of benzene rings is 1. The Hall–Kier alpha value is -1.06. The Morgan fingerprint density at radius 1 is 1.06 bits per heavy atom. The van der Waals surface area contributed by atoms with Crippen LogP contribution in [0.5, 0.6) is 0 Å². The first-order valence-corrected chi connectivity index (χ1v) is 6.35. The van der Waals surface area contributed by atoms with Crippen molar-refractivity contribution in [2.24, 2.45) is 0 Å². The van der Waals surface area contributed by atoms with Crippen LogP contribution in [0.4, 0.5) is 0 Å². The summed E-state index contributed by atoms with van der Waals surface area (Å²) in [4.78, 5) is 0. The van der Waals surface area contributed by atoms with Gasteiger partial charge in [0.2, 0.25) is 0 Å². The number of unbranched alkanes of at least 4 members (excludes halogenated alkanes) is 3. The van der Waals surface area contributed by atoms with Crippen molar-refractivity contribution in [3.63, 3.8) is 0 Å². The summed E-state index contributed by atoms with van der Waals surface area (Å²) in [6, 6.07) is 8.23. The SMILES string of the molecule is CCCCCCc1ccc(/C=C/B(O)O)cc1. The quantitative estimate of drug-likeness (QED) is 0.560. The van der Waals surface area contributed by atoms with E-state index in [1.54, 1.807) is 6.08 Å². The van der Waals surface area contributed by atoms with Crippen LogP contribution in [0.25, 0.3) is 6.08 Å². The van der Waals surface area contributed by atoms with Crippen molar-refractivity contribution in [2.45, 2.75) is 39.0 Å². The molecular formula is C14H21BO2. The van der Waals surface area contributed by atoms with Crippen molar-refractivity contribution in [3.8, 4) is 0 Å². The zero-order valence-electron chi connectivity index (χ0n) is 10.5. The van der Waals surface area contributed by atoms with Gasteiger partial charge in [0.15, 0.2) is 0 Å². The maximum Gasteiger partial charge on any atom is 0.480 e. The number of hydrogen-bond donors (Lipinski definition) is 2. The van der Waals surface area contributed by atoms with Crippen LogP contribution in [0.2, 0.25) is 0 Å². The van der Waals surface area contributed by atoms with Crippen LogP contribution in [0, 0.1) is 0 Å². The molecule has 1 rings (SSSR count). The third-order valence-corrected chi connectivity index (χ3v) is 2.76. The Bertz CT molecular complexity index is 331. The van der Waals surface area contributed by atoms with Crippen LogP contribution in [0.1, 0.15) is 43.7 Å². The van der Waals surface area contributed by atoms with Gasteiger partial charge in [0.25, 0.3) is 0 Å². The summed E-state index contributed by atoms with van der Waals surface area (Å²) in [5.74, 6) is 1.36. The molecule has 0 aliphatic rings. The molecule has 0 amide bonds. The molecule has 0 heterocycles. The van der Waals surface area contributed by atoms with Crippen molar-refractivity contribution in [1.29, 1.82) is 0 Å². The van der Waals surface area contributed by atoms with E-state index in [1.165, 1.54) is 37.2 Å². The lowest BCUT2D eigenvalue weighted by molar-refractivity contribution is 0.424. The molecule has 0 saturated heterocycles. The first-order chi connectivity index (χ1) is 8.22. The van der Waals surface area contributed by atoms with Gasteiger partial charge in [-0.25, -0.2) is 0 Å². The average Bonchev–Trinajstić information content (AvgIpc) is 2.33. The van der Waals surface area contributed by atoms with E-state index in [0.717, 1.165) is 12.0 Å². The van der Waals surface area contributed by atoms with Gasteiger partial charge in [-0.3, -0.25) is 0 Å². The van der Waals surface area contributed by atoms with Gasteiger partial charge in [-0.1, -0.05) is 62.5 Å². The van der Waals surface area contributed by atoms with Gasteiger partial charge in [-0.15, -0.1) is 0 Å². The van der Waals surface area contributed by atoms with Crippen LogP contribution >= 0.6 is 0 Å². The average molecular weight is 232 g/mol. The van der Waals surface area contributed by atoms with E-state index in [4.69, 9.17) is 10.0 Å². The molecule has 0 aliphatic carbocycles. The molecule has 0 saturated carbocycles. The van der Waals surface area contributed by atoms with Crippen molar-refractivity contribution in [1.82, 2.24) is 0 Å². The lowest BCUT2D eigenvalue weighted by Crippen LogP contribution is -2.05. The Kier molecular flexibility index (Phi) is 6.67. The van der Waals surface area contributed by atoms with Crippen LogP contribution in [0.3, 0.4) is 0 Å². The maximum absolute atomic E-state index is 8.70. The maximum atomic E-state index is 8.70. The van der Waals surface area contributed by atoms with Crippen LogP contribution in [-0.2, 0) is 6.42 Å². The summed E-state index contributed by atoms with van der Waals surface area (Å²) in [5.41, 5.74) is 2.35. The summed E-state index contributed by atoms with van der Waals surface area (Å²) >= 11 is 0. The minimum absolute atomic E-state index is 0.996. The lowest BCUT2D eigenvalue weighted by atomic mass is 9.90. The van der Waals surface area contributed by atoms with Gasteiger partial charge in [-0.05, 0) is 24.0 Å². The molecule has 0 aliphatic heterocycles. The molecule has 92 valence electrons. The fraction of sp³-hybridized carbons (Fsp3) is 0.429. The molecule has 0 spiro atoms. The van der Waals surface area contributed by atoms with Gasteiger partial charge < -0.3 is 10.0 Å². The highest BCUT2D eigenvalue weighted by molar-refractivity contribution is 6.48. The van der Waals surface area contributed by atoms with Crippen molar-refractivity contribution in [2.75, 3.05) is 0 Å². The van der Waals surface area contributed by atoms with E-state index in [-0.39, 0.29) is 0 Å². The molecular weight excluding hydrogens is 211 g/mol. The molecule has 3 heteroatoms. The zero-order chi connectivity index (χ0) is 12.5. The van der Waals surface area contributed by atoms with E-state index >= 15 is 0 Å². The van der Waals surface area contributed by atoms with Gasteiger partial charge in [0, 0.05) is 0 Å². The Morgan fingerprint density at radius 3 is 2.35 bits per heavy atom. The minimum atomic E-state index is -1.37. The first kappa shape index (κ1) is 14.0. The standard InChI is InChI=1S/C14H21BO2/c1-2-3-4-5-6-13-7-9-14(10-8-13)11-12-15(16)17/h7-12,16-17H,2-6H2,1H3/b12-11+. The largest absolute Gasteiger partial charge is 0.480 e. The monoisotopic (exact) mass is 232 g/mol. The van der Waals surface area contributed by atoms with E-state index in [0.29, 0.717) is 0 Å². The number of hydrogen-bond acceptors (Lipinski definition) is 2. The molecule has 0 aromatic heterocycles. The second-order valence-electron chi connectivity index (χ2n) is 4.32. The van der Waals surface area contributed by atoms with Gasteiger partial charge in [0.1, 0.15) is 0 Å². The Balaban J connectivity index is 2.39. The molecule has 2 N–H and O–H groups in total. The zero-order valence-corrected chi connectivity index (χ0v) is 10.5. The van der Waals surface area contributed by atoms with Crippen molar-refractivity contribution < 1.29 is 10.0 Å². The van der Waals surface area contributed by atoms with Crippen LogP contribution < -0.4 is 0 Å². The summed E-state index contributed by atoms with van der Waals surface area (Å²) in [7, 11) is -1.37. The Labute approximate surface area is 104 Å². The molecule has 1 aromatic rings. The second kappa shape index (κ2) is 8.10. The molecule has 0 atom stereocenters. The van der Waals surface area contributed by atoms with Gasteiger partial charge in [-0.2, -0.15) is 0 Å². The van der Waals surface area contributed by atoms with E-state index < -0.39 is 7.12 Å². The molecule has 0 bridgehead atoms. The van der Waals surface area contributed by atoms with E-state index in [9.17, 15) is 0 Å². The highest BCUT2D eigenvalue weighted by Gasteiger charge is 1.98. The van der Waals surface area contributed by atoms with Crippen LogP contribution in [0.15, 0.2) is 30.2 Å². The smallest absolute Gasteiger partial charge is 0.424 e. The summed E-state index contributed by atoms with van der Waals surface area (Å²) in [5, 5.41) is 17.4. The topological polar surface area (TPSA) is 40.5 Å². The molecule has 0 radical (unpaired) electrons. The highest BCUT2D eigenvalue weighted by Crippen LogP contribution is 2.10. The molecule has 0 fully saturated rings. The fourth-order valence-corrected chi connectivity index (χ4v) is 1.75. The van der Waals surface area contributed by atoms with E-state index in [1.807, 2.05) is 12.1 Å². The summed E-state index contributed by atoms with van der Waals surface area (Å²) < 4.78 is 0. The molecule has 1 aromatic carbocycles. The Morgan fingerprint density at radius 2 is 1.76 bits per heavy atom. The summed E-state index contributed by atoms with van der Waals surface area (Å²) in [6.45, 7) is 2.22. The lowest BCUT2D eigenvalue weighted by Gasteiger charge is -2.02. The first-order valence-electron chi connectivity index (χ1n) is 6.35. The number of rotatable bonds is 7. The van der Waals surface area contributed by atoms with Crippen LogP contribution in [-0.4, -0.2) is 17.2 Å². The highest BCUT2D eigenvalue weighted by atomic mass is 16.4. The second-order valence-corrected chi connectivity index (χ2v) is 4.32. The van der Waals surface area contributed by atoms with E-state index in [2.05, 4.69) is 19.1 Å². The fourth-order valence-electron chi connectivity index (χ4n) is 1.75. The van der Waals surface area contributed by atoms with Crippen molar-refractivity contribution in [3.05, 3.63) is 41.4 Å². The normalized spacial score (nSPS) is 11.0. The molecule has 17 heavy (non-hydrogen) atoms. The predicted molar refractivity (Wildman–Crippen MR) is 73.5 cm³/mol. The predicted octanol–water partition coefficient (Wildman–Crippen LogP) is 2.83. The summed E-state index contributed by atoms with van der Waals surface area (Å²) in [6.07, 6.45) is 7.98. The molecule has 0 unspecified atom stereocenters. The number of aryl methyl sites for hydroxylation is 1. The van der Waals surface area contributed by atoms with Crippen molar-refractivity contribution >= 4 is 13.2 Å².